The van der Waals surface area contributed by atoms with Crippen molar-refractivity contribution in [3.63, 3.8) is 0 Å². The topological polar surface area (TPSA) is 96.1 Å². The van der Waals surface area contributed by atoms with Crippen molar-refractivity contribution < 1.29 is 4.79 Å². The number of nitriles is 1. The normalized spacial score (nSPS) is 21.7. The zero-order valence-electron chi connectivity index (χ0n) is 10.5. The third kappa shape index (κ3) is 5.16. The Kier molecular flexibility index (Phi) is 4.91. The minimum atomic E-state index is -0.732. The molecule has 5 nitrogen and oxygen atoms in total. The van der Waals surface area contributed by atoms with E-state index in [1.165, 1.54) is 0 Å². The molecule has 1 saturated heterocycles. The number of piperidine rings is 1. The molecule has 1 fully saturated rings. The summed E-state index contributed by atoms with van der Waals surface area (Å²) in [6, 6.07) is 2.11. The molecule has 1 unspecified atom stereocenters. The summed E-state index contributed by atoms with van der Waals surface area (Å²) in [4.78, 5) is 13.1. The van der Waals surface area contributed by atoms with E-state index in [1.54, 1.807) is 6.92 Å². The molecule has 1 heterocycles. The van der Waals surface area contributed by atoms with Gasteiger partial charge in [0.05, 0.1) is 6.07 Å². The largest absolute Gasteiger partial charge is 0.370 e. The number of hydrogen-bond donors (Lipinski definition) is 2. The molecule has 1 rings (SSSR count). The van der Waals surface area contributed by atoms with Crippen LogP contribution in [0, 0.1) is 17.2 Å². The van der Waals surface area contributed by atoms with Crippen LogP contribution in [0.15, 0.2) is 0 Å². The number of likely N-dealkylation sites (tertiary alicyclic amines) is 1. The molecule has 0 spiro atoms. The highest BCUT2D eigenvalue weighted by Gasteiger charge is 2.23. The molecule has 4 N–H and O–H groups in total. The monoisotopic (exact) mass is 238 g/mol. The zero-order chi connectivity index (χ0) is 12.9. The molecule has 0 radical (unpaired) electrons. The van der Waals surface area contributed by atoms with Gasteiger partial charge in [-0.05, 0) is 45.2 Å². The van der Waals surface area contributed by atoms with Crippen LogP contribution in [-0.4, -0.2) is 36.0 Å². The van der Waals surface area contributed by atoms with E-state index in [4.69, 9.17) is 16.7 Å². The van der Waals surface area contributed by atoms with E-state index in [2.05, 4.69) is 11.0 Å². The van der Waals surface area contributed by atoms with Gasteiger partial charge in [-0.25, -0.2) is 0 Å². The van der Waals surface area contributed by atoms with Gasteiger partial charge >= 0.3 is 0 Å². The second-order valence-electron chi connectivity index (χ2n) is 5.23. The molecule has 5 heteroatoms. The maximum Gasteiger partial charge on any atom is 0.217 e. The van der Waals surface area contributed by atoms with Gasteiger partial charge in [0.25, 0.3) is 0 Å². The first-order valence-electron chi connectivity index (χ1n) is 6.14. The van der Waals surface area contributed by atoms with E-state index < -0.39 is 5.54 Å². The van der Waals surface area contributed by atoms with Crippen LogP contribution in [0.4, 0.5) is 0 Å². The SMILES string of the molecule is CC(N)(C#N)CCN1CCC(CC(N)=O)CC1. The number of nitrogens with zero attached hydrogens (tertiary/aromatic N) is 2. The molecule has 1 atom stereocenters. The van der Waals surface area contributed by atoms with Gasteiger partial charge in [-0.2, -0.15) is 5.26 Å². The second-order valence-corrected chi connectivity index (χ2v) is 5.23. The number of primary amides is 1. The van der Waals surface area contributed by atoms with Crippen LogP contribution < -0.4 is 11.5 Å². The average molecular weight is 238 g/mol. The highest BCUT2D eigenvalue weighted by molar-refractivity contribution is 5.73. The van der Waals surface area contributed by atoms with Crippen molar-refractivity contribution in [2.24, 2.45) is 17.4 Å². The number of rotatable bonds is 5. The van der Waals surface area contributed by atoms with Crippen molar-refractivity contribution >= 4 is 5.91 Å². The Bertz CT molecular complexity index is 300. The Balaban J connectivity index is 2.24. The molecule has 0 saturated carbocycles. The third-order valence-electron chi connectivity index (χ3n) is 3.40. The predicted molar refractivity (Wildman–Crippen MR) is 65.8 cm³/mol. The van der Waals surface area contributed by atoms with Gasteiger partial charge in [-0.1, -0.05) is 0 Å². The van der Waals surface area contributed by atoms with Crippen molar-refractivity contribution in [1.29, 1.82) is 5.26 Å². The van der Waals surface area contributed by atoms with Gasteiger partial charge in [0, 0.05) is 13.0 Å². The van der Waals surface area contributed by atoms with Crippen LogP contribution in [0.3, 0.4) is 0 Å². The Morgan fingerprint density at radius 2 is 2.12 bits per heavy atom. The Morgan fingerprint density at radius 1 is 1.53 bits per heavy atom. The highest BCUT2D eigenvalue weighted by atomic mass is 16.1. The lowest BCUT2D eigenvalue weighted by molar-refractivity contribution is -0.119. The van der Waals surface area contributed by atoms with Crippen LogP contribution >= 0.6 is 0 Å². The van der Waals surface area contributed by atoms with Crippen LogP contribution in [0.5, 0.6) is 0 Å². The third-order valence-corrected chi connectivity index (χ3v) is 3.40. The molecule has 0 bridgehead atoms. The summed E-state index contributed by atoms with van der Waals surface area (Å²) in [5.41, 5.74) is 10.2. The van der Waals surface area contributed by atoms with Gasteiger partial charge in [0.1, 0.15) is 5.54 Å². The maximum atomic E-state index is 10.8. The van der Waals surface area contributed by atoms with Crippen LogP contribution in [0.25, 0.3) is 0 Å². The first-order valence-corrected chi connectivity index (χ1v) is 6.14. The summed E-state index contributed by atoms with van der Waals surface area (Å²) >= 11 is 0. The summed E-state index contributed by atoms with van der Waals surface area (Å²) in [6.07, 6.45) is 3.21. The molecule has 0 aliphatic carbocycles. The predicted octanol–water partition coefficient (Wildman–Crippen LogP) is 0.205. The molecule has 1 amide bonds. The maximum absolute atomic E-state index is 10.8. The minimum Gasteiger partial charge on any atom is -0.370 e. The van der Waals surface area contributed by atoms with E-state index in [9.17, 15) is 4.79 Å². The minimum absolute atomic E-state index is 0.206. The number of nitrogens with two attached hydrogens (primary N) is 2. The van der Waals surface area contributed by atoms with Crippen LogP contribution in [0.2, 0.25) is 0 Å². The second kappa shape index (κ2) is 5.99. The van der Waals surface area contributed by atoms with Crippen molar-refractivity contribution in [1.82, 2.24) is 4.90 Å². The lowest BCUT2D eigenvalue weighted by Crippen LogP contribution is -2.41. The molecule has 0 aromatic carbocycles. The summed E-state index contributed by atoms with van der Waals surface area (Å²) in [5, 5.41) is 8.82. The first-order chi connectivity index (χ1) is 7.93. The van der Waals surface area contributed by atoms with Crippen LogP contribution in [0.1, 0.15) is 32.6 Å². The average Bonchev–Trinajstić information content (AvgIpc) is 2.28. The van der Waals surface area contributed by atoms with Crippen molar-refractivity contribution in [3.8, 4) is 6.07 Å². The van der Waals surface area contributed by atoms with E-state index in [0.29, 0.717) is 18.8 Å². The Labute approximate surface area is 103 Å². The Hall–Kier alpha value is -1.12. The standard InChI is InChI=1S/C12H22N4O/c1-12(15,9-13)4-7-16-5-2-10(3-6-16)8-11(14)17/h10H,2-8,15H2,1H3,(H2,14,17). The van der Waals surface area contributed by atoms with Gasteiger partial charge < -0.3 is 16.4 Å². The summed E-state index contributed by atoms with van der Waals surface area (Å²) in [7, 11) is 0. The summed E-state index contributed by atoms with van der Waals surface area (Å²) in [6.45, 7) is 4.55. The number of carbonyl (C=O) groups is 1. The fourth-order valence-electron chi connectivity index (χ4n) is 2.14. The van der Waals surface area contributed by atoms with E-state index in [0.717, 1.165) is 32.5 Å². The molecule has 1 aliphatic rings. The zero-order valence-corrected chi connectivity index (χ0v) is 10.5. The van der Waals surface area contributed by atoms with Gasteiger partial charge in [-0.3, -0.25) is 4.79 Å². The van der Waals surface area contributed by atoms with E-state index >= 15 is 0 Å². The van der Waals surface area contributed by atoms with E-state index in [-0.39, 0.29) is 5.91 Å². The molecule has 17 heavy (non-hydrogen) atoms. The lowest BCUT2D eigenvalue weighted by atomic mass is 9.92. The fraction of sp³-hybridized carbons (Fsp3) is 0.833. The number of hydrogen-bond acceptors (Lipinski definition) is 4. The summed E-state index contributed by atoms with van der Waals surface area (Å²) in [5.74, 6) is 0.228. The first kappa shape index (κ1) is 13.9. The summed E-state index contributed by atoms with van der Waals surface area (Å²) < 4.78 is 0. The highest BCUT2D eigenvalue weighted by Crippen LogP contribution is 2.20. The number of carbonyl (C=O) groups excluding carboxylic acids is 1. The molecule has 1 aliphatic heterocycles. The van der Waals surface area contributed by atoms with Gasteiger partial charge in [-0.15, -0.1) is 0 Å². The van der Waals surface area contributed by atoms with Crippen molar-refractivity contribution in [2.45, 2.75) is 38.1 Å². The molecule has 0 aromatic rings. The van der Waals surface area contributed by atoms with Gasteiger partial charge in [0.2, 0.25) is 5.91 Å². The fourth-order valence-corrected chi connectivity index (χ4v) is 2.14. The molecule has 0 aromatic heterocycles. The van der Waals surface area contributed by atoms with E-state index in [1.807, 2.05) is 0 Å². The number of amides is 1. The molecular formula is C12H22N4O. The van der Waals surface area contributed by atoms with Gasteiger partial charge in [0.15, 0.2) is 0 Å². The molecular weight excluding hydrogens is 216 g/mol. The lowest BCUT2D eigenvalue weighted by Gasteiger charge is -2.32. The smallest absolute Gasteiger partial charge is 0.217 e. The quantitative estimate of drug-likeness (QED) is 0.715. The Morgan fingerprint density at radius 3 is 2.59 bits per heavy atom. The van der Waals surface area contributed by atoms with Crippen molar-refractivity contribution in [2.75, 3.05) is 19.6 Å². The molecule has 96 valence electrons. The van der Waals surface area contributed by atoms with Crippen LogP contribution in [-0.2, 0) is 4.79 Å². The van der Waals surface area contributed by atoms with Crippen molar-refractivity contribution in [3.05, 3.63) is 0 Å².